The zero-order chi connectivity index (χ0) is 23.2. The van der Waals surface area contributed by atoms with E-state index in [4.69, 9.17) is 14.2 Å². The minimum atomic E-state index is -1.13. The number of carbonyl (C=O) groups is 2. The molecule has 9 heteroatoms. The molecule has 1 amide bonds. The minimum Gasteiger partial charge on any atom is -0.497 e. The first-order valence-electron chi connectivity index (χ1n) is 9.93. The Kier molecular flexibility index (Phi) is 6.70. The van der Waals surface area contributed by atoms with E-state index < -0.39 is 5.97 Å². The molecular weight excluding hydrogens is 444 g/mol. The molecule has 168 valence electrons. The molecular formula is C24H20N2O6S. The van der Waals surface area contributed by atoms with Crippen LogP contribution in [-0.2, 0) is 11.4 Å². The highest BCUT2D eigenvalue weighted by atomic mass is 32.1. The Labute approximate surface area is 193 Å². The molecule has 0 atom stereocenters. The van der Waals surface area contributed by atoms with Crippen LogP contribution in [0, 0.1) is 0 Å². The number of aromatic nitrogens is 1. The van der Waals surface area contributed by atoms with Crippen molar-refractivity contribution in [2.75, 3.05) is 19.0 Å². The lowest BCUT2D eigenvalue weighted by Gasteiger charge is -2.12. The SMILES string of the molecule is COc1ccc(COc2cc(OCC(=O)Nc3nc4ccccc4s3)ccc2C(=O)O)cc1. The standard InChI is InChI=1S/C24H20N2O6S/c1-30-16-8-6-15(7-9-16)13-32-20-12-17(10-11-18(20)23(28)29)31-14-22(27)26-24-25-19-4-2-3-5-21(19)33-24/h2-12H,13-14H2,1H3,(H,28,29)(H,25,26,27). The predicted molar refractivity (Wildman–Crippen MR) is 124 cm³/mol. The van der Waals surface area contributed by atoms with Gasteiger partial charge in [0.25, 0.3) is 5.91 Å². The van der Waals surface area contributed by atoms with Gasteiger partial charge in [0.1, 0.15) is 29.4 Å². The number of carboxylic acids is 1. The van der Waals surface area contributed by atoms with Crippen molar-refractivity contribution >= 4 is 38.6 Å². The van der Waals surface area contributed by atoms with E-state index in [0.717, 1.165) is 15.8 Å². The fourth-order valence-electron chi connectivity index (χ4n) is 3.00. The Morgan fingerprint density at radius 3 is 2.48 bits per heavy atom. The summed E-state index contributed by atoms with van der Waals surface area (Å²) in [5.74, 6) is -0.340. The van der Waals surface area contributed by atoms with E-state index in [2.05, 4.69) is 10.3 Å². The average molecular weight is 464 g/mol. The molecule has 3 aromatic carbocycles. The number of ether oxygens (including phenoxy) is 3. The summed E-state index contributed by atoms with van der Waals surface area (Å²) in [6, 6.07) is 19.1. The summed E-state index contributed by atoms with van der Waals surface area (Å²) in [6.45, 7) is -0.105. The molecule has 0 radical (unpaired) electrons. The van der Waals surface area contributed by atoms with Crippen molar-refractivity contribution in [3.8, 4) is 17.2 Å². The van der Waals surface area contributed by atoms with Crippen molar-refractivity contribution < 1.29 is 28.9 Å². The van der Waals surface area contributed by atoms with Crippen LogP contribution in [0.2, 0.25) is 0 Å². The number of amides is 1. The Morgan fingerprint density at radius 2 is 1.76 bits per heavy atom. The second-order valence-corrected chi connectivity index (χ2v) is 7.95. The number of fused-ring (bicyclic) bond motifs is 1. The van der Waals surface area contributed by atoms with Crippen LogP contribution in [-0.4, -0.2) is 35.7 Å². The second kappa shape index (κ2) is 10.0. The number of benzene rings is 3. The molecule has 4 rings (SSSR count). The van der Waals surface area contributed by atoms with Crippen molar-refractivity contribution in [1.82, 2.24) is 4.98 Å². The third-order valence-electron chi connectivity index (χ3n) is 4.65. The van der Waals surface area contributed by atoms with Gasteiger partial charge in [0.15, 0.2) is 11.7 Å². The number of rotatable bonds is 9. The number of nitrogens with zero attached hydrogens (tertiary/aromatic N) is 1. The summed E-state index contributed by atoms with van der Waals surface area (Å²) in [7, 11) is 1.58. The van der Waals surface area contributed by atoms with Crippen molar-refractivity contribution in [3.63, 3.8) is 0 Å². The Hall–Kier alpha value is -4.11. The van der Waals surface area contributed by atoms with Crippen LogP contribution in [0.15, 0.2) is 66.7 Å². The van der Waals surface area contributed by atoms with Gasteiger partial charge in [0.05, 0.1) is 17.3 Å². The van der Waals surface area contributed by atoms with E-state index in [9.17, 15) is 14.7 Å². The maximum atomic E-state index is 12.3. The van der Waals surface area contributed by atoms with Gasteiger partial charge in [-0.25, -0.2) is 9.78 Å². The molecule has 8 nitrogen and oxygen atoms in total. The normalized spacial score (nSPS) is 10.6. The molecule has 0 saturated carbocycles. The van der Waals surface area contributed by atoms with Crippen LogP contribution < -0.4 is 19.5 Å². The zero-order valence-electron chi connectivity index (χ0n) is 17.6. The number of carbonyl (C=O) groups excluding carboxylic acids is 1. The fourth-order valence-corrected chi connectivity index (χ4v) is 3.88. The van der Waals surface area contributed by atoms with Gasteiger partial charge in [-0.3, -0.25) is 10.1 Å². The van der Waals surface area contributed by atoms with Crippen LogP contribution in [0.3, 0.4) is 0 Å². The third kappa shape index (κ3) is 5.58. The lowest BCUT2D eigenvalue weighted by atomic mass is 10.2. The second-order valence-electron chi connectivity index (χ2n) is 6.92. The molecule has 2 N–H and O–H groups in total. The largest absolute Gasteiger partial charge is 0.497 e. The Morgan fingerprint density at radius 1 is 1.00 bits per heavy atom. The number of hydrogen-bond donors (Lipinski definition) is 2. The molecule has 0 fully saturated rings. The lowest BCUT2D eigenvalue weighted by Crippen LogP contribution is -2.20. The number of carboxylic acid groups (broad SMARTS) is 1. The molecule has 0 bridgehead atoms. The van der Waals surface area contributed by atoms with Crippen molar-refractivity contribution in [1.29, 1.82) is 0 Å². The molecule has 33 heavy (non-hydrogen) atoms. The molecule has 0 aliphatic heterocycles. The number of thiazole rings is 1. The van der Waals surface area contributed by atoms with Crippen molar-refractivity contribution in [2.24, 2.45) is 0 Å². The van der Waals surface area contributed by atoms with Gasteiger partial charge in [-0.15, -0.1) is 0 Å². The van der Waals surface area contributed by atoms with E-state index in [-0.39, 0.29) is 30.4 Å². The van der Waals surface area contributed by atoms with Crippen LogP contribution in [0.5, 0.6) is 17.2 Å². The summed E-state index contributed by atoms with van der Waals surface area (Å²) in [5.41, 5.74) is 1.64. The topological polar surface area (TPSA) is 107 Å². The molecule has 0 unspecified atom stereocenters. The van der Waals surface area contributed by atoms with Gasteiger partial charge < -0.3 is 19.3 Å². The van der Waals surface area contributed by atoms with Gasteiger partial charge in [0, 0.05) is 6.07 Å². The van der Waals surface area contributed by atoms with Gasteiger partial charge >= 0.3 is 5.97 Å². The maximum absolute atomic E-state index is 12.3. The third-order valence-corrected chi connectivity index (χ3v) is 5.60. The molecule has 4 aromatic rings. The summed E-state index contributed by atoms with van der Waals surface area (Å²) >= 11 is 1.37. The van der Waals surface area contributed by atoms with Gasteiger partial charge in [-0.1, -0.05) is 35.6 Å². The Balaban J connectivity index is 1.39. The molecule has 0 saturated heterocycles. The van der Waals surface area contributed by atoms with Crippen LogP contribution in [0.4, 0.5) is 5.13 Å². The molecule has 0 spiro atoms. The number of hydrogen-bond acceptors (Lipinski definition) is 7. The molecule has 1 aromatic heterocycles. The van der Waals surface area contributed by atoms with Crippen molar-refractivity contribution in [2.45, 2.75) is 6.61 Å². The zero-order valence-corrected chi connectivity index (χ0v) is 18.4. The summed E-state index contributed by atoms with van der Waals surface area (Å²) in [6.07, 6.45) is 0. The predicted octanol–water partition coefficient (Wildman–Crippen LogP) is 4.60. The number of nitrogens with one attached hydrogen (secondary N) is 1. The fraction of sp³-hybridized carbons (Fsp3) is 0.125. The van der Waals surface area contributed by atoms with Crippen LogP contribution >= 0.6 is 11.3 Å². The van der Waals surface area contributed by atoms with E-state index in [1.807, 2.05) is 36.4 Å². The highest BCUT2D eigenvalue weighted by Gasteiger charge is 2.14. The highest BCUT2D eigenvalue weighted by Crippen LogP contribution is 2.27. The molecule has 0 aliphatic rings. The van der Waals surface area contributed by atoms with Crippen molar-refractivity contribution in [3.05, 3.63) is 77.9 Å². The number of anilines is 1. The first-order valence-corrected chi connectivity index (χ1v) is 10.7. The van der Waals surface area contributed by atoms with Crippen LogP contribution in [0.1, 0.15) is 15.9 Å². The van der Waals surface area contributed by atoms with E-state index >= 15 is 0 Å². The first-order chi connectivity index (χ1) is 16.0. The summed E-state index contributed by atoms with van der Waals surface area (Å²) in [4.78, 5) is 28.2. The van der Waals surface area contributed by atoms with Gasteiger partial charge in [-0.2, -0.15) is 0 Å². The number of methoxy groups -OCH3 is 1. The number of aromatic carboxylic acids is 1. The monoisotopic (exact) mass is 464 g/mol. The van der Waals surface area contributed by atoms with Crippen LogP contribution in [0.25, 0.3) is 10.2 Å². The maximum Gasteiger partial charge on any atom is 0.339 e. The minimum absolute atomic E-state index is 0.00483. The van der Waals surface area contributed by atoms with Gasteiger partial charge in [-0.05, 0) is 42.0 Å². The van der Waals surface area contributed by atoms with E-state index in [1.165, 1.54) is 29.5 Å². The van der Waals surface area contributed by atoms with E-state index in [0.29, 0.717) is 16.6 Å². The smallest absolute Gasteiger partial charge is 0.339 e. The highest BCUT2D eigenvalue weighted by molar-refractivity contribution is 7.22. The van der Waals surface area contributed by atoms with E-state index in [1.54, 1.807) is 19.2 Å². The lowest BCUT2D eigenvalue weighted by molar-refractivity contribution is -0.118. The van der Waals surface area contributed by atoms with Gasteiger partial charge in [0.2, 0.25) is 0 Å². The molecule has 1 heterocycles. The number of para-hydroxylation sites is 1. The summed E-state index contributed by atoms with van der Waals surface area (Å²) < 4.78 is 17.4. The summed E-state index contributed by atoms with van der Waals surface area (Å²) in [5, 5.41) is 12.6. The molecule has 0 aliphatic carbocycles. The first kappa shape index (κ1) is 22.1. The quantitative estimate of drug-likeness (QED) is 0.373. The Bertz CT molecular complexity index is 1250. The average Bonchev–Trinajstić information content (AvgIpc) is 3.24.